The summed E-state index contributed by atoms with van der Waals surface area (Å²) in [7, 11) is 0. The number of pyridine rings is 1. The number of halogens is 1. The maximum atomic E-state index is 11.3. The molecule has 0 saturated heterocycles. The molecule has 2 N–H and O–H groups in total. The van der Waals surface area contributed by atoms with Gasteiger partial charge in [0.2, 0.25) is 0 Å². The molecule has 0 spiro atoms. The number of carbonyl (C=O) groups is 1. The van der Waals surface area contributed by atoms with Crippen LogP contribution in [-0.4, -0.2) is 37.6 Å². The molecule has 3 aromatic heterocycles. The molecule has 1 aliphatic heterocycles. The number of carboxylic acid groups (broad SMARTS) is 1. The lowest BCUT2D eigenvalue weighted by atomic mass is 10.1. The third-order valence-electron chi connectivity index (χ3n) is 5.20. The highest BCUT2D eigenvalue weighted by molar-refractivity contribution is 7.19. The monoisotopic (exact) mass is 467 g/mol. The van der Waals surface area contributed by atoms with Gasteiger partial charge in [0.1, 0.15) is 29.3 Å². The highest BCUT2D eigenvalue weighted by Crippen LogP contribution is 2.38. The molecule has 0 saturated carbocycles. The lowest BCUT2D eigenvalue weighted by Crippen LogP contribution is -2.34. The maximum Gasteiger partial charge on any atom is 0.407 e. The molecule has 0 unspecified atom stereocenters. The van der Waals surface area contributed by atoms with Crippen molar-refractivity contribution in [1.29, 1.82) is 0 Å². The molecular weight excluding hydrogens is 450 g/mol. The van der Waals surface area contributed by atoms with Crippen molar-refractivity contribution >= 4 is 50.8 Å². The van der Waals surface area contributed by atoms with E-state index in [1.165, 1.54) is 22.6 Å². The summed E-state index contributed by atoms with van der Waals surface area (Å²) < 4.78 is 5.79. The molecule has 1 aliphatic rings. The standard InChI is InChI=1S/C22H18ClN5O3S/c23-16-9-13(4-5-17(16)31-11-14-3-1-2-7-24-14)27-20-19-15-6-8-28(22(29)30)10-18(15)32-21(19)26-12-25-20/h1-5,7,9,12H,6,8,10-11H2,(H,29,30)(H,25,26,27). The molecule has 4 aromatic rings. The third-order valence-corrected chi connectivity index (χ3v) is 6.62. The predicted molar refractivity (Wildman–Crippen MR) is 123 cm³/mol. The minimum atomic E-state index is -0.905. The second kappa shape index (κ2) is 8.60. The SMILES string of the molecule is O=C(O)N1CCc2c(sc3ncnc(Nc4ccc(OCc5ccccn5)c(Cl)c4)c23)C1. The Morgan fingerprint density at radius 2 is 2.16 bits per heavy atom. The Morgan fingerprint density at radius 3 is 2.94 bits per heavy atom. The number of amides is 1. The molecule has 0 bridgehead atoms. The number of hydrogen-bond donors (Lipinski definition) is 2. The quantitative estimate of drug-likeness (QED) is 0.421. The number of ether oxygens (including phenoxy) is 1. The van der Waals surface area contributed by atoms with E-state index in [0.717, 1.165) is 32.0 Å². The van der Waals surface area contributed by atoms with Gasteiger partial charge >= 0.3 is 6.09 Å². The Morgan fingerprint density at radius 1 is 1.25 bits per heavy atom. The molecule has 0 aliphatic carbocycles. The van der Waals surface area contributed by atoms with E-state index in [4.69, 9.17) is 16.3 Å². The Bertz CT molecular complexity index is 1300. The first-order chi connectivity index (χ1) is 15.6. The van der Waals surface area contributed by atoms with Crippen molar-refractivity contribution in [1.82, 2.24) is 19.9 Å². The van der Waals surface area contributed by atoms with Gasteiger partial charge in [-0.25, -0.2) is 14.8 Å². The number of anilines is 2. The van der Waals surface area contributed by atoms with Gasteiger partial charge in [0.15, 0.2) is 0 Å². The Hall–Kier alpha value is -3.43. The van der Waals surface area contributed by atoms with E-state index in [1.54, 1.807) is 18.3 Å². The minimum absolute atomic E-state index is 0.328. The minimum Gasteiger partial charge on any atom is -0.486 e. The molecule has 0 radical (unpaired) electrons. The van der Waals surface area contributed by atoms with Crippen LogP contribution in [0.3, 0.4) is 0 Å². The van der Waals surface area contributed by atoms with E-state index >= 15 is 0 Å². The van der Waals surface area contributed by atoms with Crippen LogP contribution in [0.25, 0.3) is 10.2 Å². The van der Waals surface area contributed by atoms with Gasteiger partial charge in [0, 0.05) is 23.3 Å². The van der Waals surface area contributed by atoms with E-state index in [0.29, 0.717) is 42.7 Å². The van der Waals surface area contributed by atoms with Crippen LogP contribution >= 0.6 is 22.9 Å². The maximum absolute atomic E-state index is 11.3. The van der Waals surface area contributed by atoms with E-state index in [-0.39, 0.29) is 0 Å². The first-order valence-corrected chi connectivity index (χ1v) is 11.1. The molecule has 1 amide bonds. The van der Waals surface area contributed by atoms with Crippen LogP contribution in [0, 0.1) is 0 Å². The van der Waals surface area contributed by atoms with E-state index < -0.39 is 6.09 Å². The van der Waals surface area contributed by atoms with Crippen LogP contribution in [0.1, 0.15) is 16.1 Å². The lowest BCUT2D eigenvalue weighted by Gasteiger charge is -2.24. The van der Waals surface area contributed by atoms with Crippen molar-refractivity contribution in [3.8, 4) is 5.75 Å². The van der Waals surface area contributed by atoms with Crippen LogP contribution in [0.5, 0.6) is 5.75 Å². The topological polar surface area (TPSA) is 100 Å². The van der Waals surface area contributed by atoms with Crippen molar-refractivity contribution < 1.29 is 14.6 Å². The molecule has 8 nitrogen and oxygen atoms in total. The van der Waals surface area contributed by atoms with E-state index in [1.807, 2.05) is 24.3 Å². The highest BCUT2D eigenvalue weighted by Gasteiger charge is 2.26. The summed E-state index contributed by atoms with van der Waals surface area (Å²) in [4.78, 5) is 27.7. The molecule has 5 rings (SSSR count). The molecule has 4 heterocycles. The number of hydrogen-bond acceptors (Lipinski definition) is 7. The summed E-state index contributed by atoms with van der Waals surface area (Å²) in [5.41, 5.74) is 2.69. The predicted octanol–water partition coefficient (Wildman–Crippen LogP) is 5.10. The van der Waals surface area contributed by atoms with Gasteiger partial charge in [0.05, 0.1) is 22.6 Å². The smallest absolute Gasteiger partial charge is 0.407 e. The average Bonchev–Trinajstić information content (AvgIpc) is 3.18. The van der Waals surface area contributed by atoms with E-state index in [2.05, 4.69) is 20.3 Å². The fourth-order valence-electron chi connectivity index (χ4n) is 3.65. The van der Waals surface area contributed by atoms with Gasteiger partial charge in [-0.15, -0.1) is 11.3 Å². The summed E-state index contributed by atoms with van der Waals surface area (Å²) >= 11 is 7.95. The van der Waals surface area contributed by atoms with Crippen molar-refractivity contribution in [2.75, 3.05) is 11.9 Å². The van der Waals surface area contributed by atoms with Crippen LogP contribution in [-0.2, 0) is 19.6 Å². The van der Waals surface area contributed by atoms with Gasteiger partial charge in [-0.1, -0.05) is 17.7 Å². The number of thiophene rings is 1. The first kappa shape index (κ1) is 20.5. The fraction of sp³-hybridized carbons (Fsp3) is 0.182. The van der Waals surface area contributed by atoms with E-state index in [9.17, 15) is 9.90 Å². The number of rotatable bonds is 5. The number of aromatic nitrogens is 3. The number of benzene rings is 1. The fourth-order valence-corrected chi connectivity index (χ4v) is 5.09. The highest BCUT2D eigenvalue weighted by atomic mass is 35.5. The van der Waals surface area contributed by atoms with Crippen molar-refractivity contribution in [3.63, 3.8) is 0 Å². The molecule has 32 heavy (non-hydrogen) atoms. The van der Waals surface area contributed by atoms with Crippen molar-refractivity contribution in [2.24, 2.45) is 0 Å². The molecule has 0 fully saturated rings. The van der Waals surface area contributed by atoms with Crippen LogP contribution < -0.4 is 10.1 Å². The largest absolute Gasteiger partial charge is 0.486 e. The van der Waals surface area contributed by atoms with Gasteiger partial charge < -0.3 is 20.1 Å². The number of fused-ring (bicyclic) bond motifs is 3. The van der Waals surface area contributed by atoms with Crippen molar-refractivity contribution in [2.45, 2.75) is 19.6 Å². The number of nitrogens with one attached hydrogen (secondary N) is 1. The molecular formula is C22H18ClN5O3S. The van der Waals surface area contributed by atoms with Gasteiger partial charge in [-0.2, -0.15) is 0 Å². The second-order valence-electron chi connectivity index (χ2n) is 7.24. The zero-order chi connectivity index (χ0) is 22.1. The summed E-state index contributed by atoms with van der Waals surface area (Å²) in [6.45, 7) is 1.16. The van der Waals surface area contributed by atoms with Crippen LogP contribution in [0.2, 0.25) is 5.02 Å². The Labute approximate surface area is 192 Å². The molecule has 10 heteroatoms. The van der Waals surface area contributed by atoms with Crippen LogP contribution in [0.4, 0.5) is 16.3 Å². The summed E-state index contributed by atoms with van der Waals surface area (Å²) in [6, 6.07) is 11.1. The van der Waals surface area contributed by atoms with Gasteiger partial charge in [-0.3, -0.25) is 4.98 Å². The summed E-state index contributed by atoms with van der Waals surface area (Å²) in [5, 5.41) is 14.0. The average molecular weight is 468 g/mol. The third kappa shape index (κ3) is 4.04. The normalized spacial score (nSPS) is 13.1. The molecule has 162 valence electrons. The first-order valence-electron chi connectivity index (χ1n) is 9.91. The zero-order valence-electron chi connectivity index (χ0n) is 16.8. The Kier molecular flexibility index (Phi) is 5.50. The lowest BCUT2D eigenvalue weighted by molar-refractivity contribution is 0.140. The van der Waals surface area contributed by atoms with Gasteiger partial charge in [0.25, 0.3) is 0 Å². The molecule has 1 aromatic carbocycles. The number of nitrogens with zero attached hydrogens (tertiary/aromatic N) is 4. The zero-order valence-corrected chi connectivity index (χ0v) is 18.4. The second-order valence-corrected chi connectivity index (χ2v) is 8.73. The van der Waals surface area contributed by atoms with Crippen molar-refractivity contribution in [3.05, 3.63) is 70.1 Å². The summed E-state index contributed by atoms with van der Waals surface area (Å²) in [5.74, 6) is 1.24. The van der Waals surface area contributed by atoms with Crippen LogP contribution in [0.15, 0.2) is 48.9 Å². The van der Waals surface area contributed by atoms with Gasteiger partial charge in [-0.05, 0) is 42.3 Å². The Balaban J connectivity index is 1.38. The molecule has 0 atom stereocenters. The summed E-state index contributed by atoms with van der Waals surface area (Å²) in [6.07, 6.45) is 2.95.